The standard InChI is InChI=1S/C17H19NO5S/c1-17(16(20)18-21,24(2,22)23)12-11-15-9-7-14(8-10-15)6-4-3-5-13-19/h7-10,19,21H,11-13H2,1-2H3,(H,18,20). The number of sulfone groups is 1. The minimum atomic E-state index is -3.70. The fraction of sp³-hybridized carbons (Fsp3) is 0.353. The third kappa shape index (κ3) is 5.10. The third-order valence-electron chi connectivity index (χ3n) is 3.68. The van der Waals surface area contributed by atoms with Crippen molar-refractivity contribution in [1.29, 1.82) is 0 Å². The Bertz CT molecular complexity index is 807. The number of benzene rings is 1. The van der Waals surface area contributed by atoms with Crippen LogP contribution in [0.5, 0.6) is 0 Å². The molecular formula is C17H19NO5S. The van der Waals surface area contributed by atoms with Crippen LogP contribution in [0.15, 0.2) is 24.3 Å². The van der Waals surface area contributed by atoms with Gasteiger partial charge in [0, 0.05) is 11.8 Å². The number of rotatable bonds is 5. The van der Waals surface area contributed by atoms with E-state index in [2.05, 4.69) is 23.7 Å². The Kier molecular flexibility index (Phi) is 6.99. The highest BCUT2D eigenvalue weighted by Gasteiger charge is 2.42. The van der Waals surface area contributed by atoms with Crippen molar-refractivity contribution in [2.45, 2.75) is 24.5 Å². The van der Waals surface area contributed by atoms with Crippen molar-refractivity contribution < 1.29 is 23.5 Å². The molecule has 0 heterocycles. The van der Waals surface area contributed by atoms with Crippen LogP contribution in [0.25, 0.3) is 0 Å². The van der Waals surface area contributed by atoms with Crippen LogP contribution in [-0.4, -0.2) is 42.2 Å². The van der Waals surface area contributed by atoms with E-state index in [9.17, 15) is 13.2 Å². The topological polar surface area (TPSA) is 104 Å². The van der Waals surface area contributed by atoms with Crippen LogP contribution >= 0.6 is 0 Å². The quantitative estimate of drug-likeness (QED) is 0.402. The maximum absolute atomic E-state index is 11.9. The van der Waals surface area contributed by atoms with Gasteiger partial charge in [0.15, 0.2) is 9.84 Å². The average molecular weight is 349 g/mol. The van der Waals surface area contributed by atoms with Gasteiger partial charge in [0.1, 0.15) is 11.4 Å². The van der Waals surface area contributed by atoms with Gasteiger partial charge in [-0.3, -0.25) is 10.0 Å². The van der Waals surface area contributed by atoms with Crippen LogP contribution in [-0.2, 0) is 21.1 Å². The van der Waals surface area contributed by atoms with Crippen molar-refractivity contribution in [3.05, 3.63) is 35.4 Å². The zero-order valence-electron chi connectivity index (χ0n) is 13.5. The Morgan fingerprint density at radius 2 is 1.88 bits per heavy atom. The number of hydroxylamine groups is 1. The van der Waals surface area contributed by atoms with Crippen LogP contribution in [0.3, 0.4) is 0 Å². The summed E-state index contributed by atoms with van der Waals surface area (Å²) >= 11 is 0. The second kappa shape index (κ2) is 8.51. The second-order valence-corrected chi connectivity index (χ2v) is 7.80. The van der Waals surface area contributed by atoms with E-state index in [0.29, 0.717) is 6.42 Å². The molecule has 6 nitrogen and oxygen atoms in total. The highest BCUT2D eigenvalue weighted by Crippen LogP contribution is 2.23. The van der Waals surface area contributed by atoms with Gasteiger partial charge in [-0.05, 0) is 49.3 Å². The molecule has 0 aromatic heterocycles. The van der Waals surface area contributed by atoms with Gasteiger partial charge in [-0.1, -0.05) is 24.0 Å². The summed E-state index contributed by atoms with van der Waals surface area (Å²) in [6.45, 7) is 1.04. The van der Waals surface area contributed by atoms with Crippen LogP contribution in [0.4, 0.5) is 0 Å². The third-order valence-corrected chi connectivity index (χ3v) is 5.71. The van der Waals surface area contributed by atoms with E-state index in [1.54, 1.807) is 24.3 Å². The first kappa shape index (κ1) is 19.7. The molecule has 0 aliphatic rings. The summed E-state index contributed by atoms with van der Waals surface area (Å²) in [5.41, 5.74) is 2.99. The van der Waals surface area contributed by atoms with Gasteiger partial charge in [-0.25, -0.2) is 13.9 Å². The number of carbonyl (C=O) groups is 1. The molecule has 0 radical (unpaired) electrons. The smallest absolute Gasteiger partial charge is 0.264 e. The molecule has 0 aliphatic heterocycles. The number of aryl methyl sites for hydroxylation is 1. The zero-order valence-corrected chi connectivity index (χ0v) is 14.3. The number of hydrogen-bond acceptors (Lipinski definition) is 5. The summed E-state index contributed by atoms with van der Waals surface area (Å²) in [5.74, 6) is 9.34. The molecule has 3 N–H and O–H groups in total. The SMILES string of the molecule is CC(CCc1ccc(C#CC#CCO)cc1)(C(=O)NO)S(C)(=O)=O. The largest absolute Gasteiger partial charge is 0.384 e. The van der Waals surface area contributed by atoms with E-state index in [1.165, 1.54) is 12.4 Å². The van der Waals surface area contributed by atoms with Gasteiger partial charge in [0.05, 0.1) is 0 Å². The molecule has 128 valence electrons. The minimum absolute atomic E-state index is 0.0330. The Hall–Kier alpha value is -2.32. The molecule has 1 aromatic rings. The van der Waals surface area contributed by atoms with Crippen LogP contribution in [0.2, 0.25) is 0 Å². The maximum Gasteiger partial charge on any atom is 0.264 e. The molecule has 1 aromatic carbocycles. The van der Waals surface area contributed by atoms with Crippen molar-refractivity contribution in [3.8, 4) is 23.7 Å². The molecular weight excluding hydrogens is 330 g/mol. The molecule has 7 heteroatoms. The number of amides is 1. The molecule has 1 rings (SSSR count). The lowest BCUT2D eigenvalue weighted by Gasteiger charge is -2.25. The van der Waals surface area contributed by atoms with Crippen LogP contribution in [0.1, 0.15) is 24.5 Å². The van der Waals surface area contributed by atoms with E-state index in [-0.39, 0.29) is 13.0 Å². The van der Waals surface area contributed by atoms with Gasteiger partial charge in [0.2, 0.25) is 0 Å². The Balaban J connectivity index is 2.86. The van der Waals surface area contributed by atoms with Gasteiger partial charge in [-0.2, -0.15) is 0 Å². The van der Waals surface area contributed by atoms with Crippen LogP contribution < -0.4 is 5.48 Å². The van der Waals surface area contributed by atoms with Gasteiger partial charge < -0.3 is 5.11 Å². The summed E-state index contributed by atoms with van der Waals surface area (Å²) in [5, 5.41) is 17.3. The first-order valence-corrected chi connectivity index (χ1v) is 8.96. The fourth-order valence-corrected chi connectivity index (χ4v) is 2.77. The first-order chi connectivity index (χ1) is 11.2. The monoisotopic (exact) mass is 349 g/mol. The van der Waals surface area contributed by atoms with Crippen molar-refractivity contribution in [1.82, 2.24) is 5.48 Å². The maximum atomic E-state index is 11.9. The summed E-state index contributed by atoms with van der Waals surface area (Å²) in [4.78, 5) is 11.7. The predicted molar refractivity (Wildman–Crippen MR) is 89.7 cm³/mol. The molecule has 0 saturated carbocycles. The number of carbonyl (C=O) groups excluding carboxylic acids is 1. The highest BCUT2D eigenvalue weighted by atomic mass is 32.2. The number of nitrogens with one attached hydrogen (secondary N) is 1. The second-order valence-electron chi connectivity index (χ2n) is 5.35. The van der Waals surface area contributed by atoms with Crippen molar-refractivity contribution in [3.63, 3.8) is 0 Å². The predicted octanol–water partition coefficient (Wildman–Crippen LogP) is 0.275. The lowest BCUT2D eigenvalue weighted by atomic mass is 9.99. The van der Waals surface area contributed by atoms with E-state index >= 15 is 0 Å². The van der Waals surface area contributed by atoms with Gasteiger partial charge in [0.25, 0.3) is 5.91 Å². The Morgan fingerprint density at radius 1 is 1.25 bits per heavy atom. The number of aliphatic hydroxyl groups excluding tert-OH is 1. The summed E-state index contributed by atoms with van der Waals surface area (Å²) in [6, 6.07) is 7.08. The van der Waals surface area contributed by atoms with Crippen LogP contribution in [0, 0.1) is 23.7 Å². The average Bonchev–Trinajstić information content (AvgIpc) is 2.55. The zero-order chi connectivity index (χ0) is 18.2. The Labute approximate surface area is 141 Å². The van der Waals surface area contributed by atoms with E-state index in [0.717, 1.165) is 17.4 Å². The molecule has 0 aliphatic carbocycles. The lowest BCUT2D eigenvalue weighted by Crippen LogP contribution is -2.49. The highest BCUT2D eigenvalue weighted by molar-refractivity contribution is 7.92. The minimum Gasteiger partial charge on any atom is -0.384 e. The van der Waals surface area contributed by atoms with Crippen molar-refractivity contribution in [2.24, 2.45) is 0 Å². The number of hydrogen-bond donors (Lipinski definition) is 3. The molecule has 0 fully saturated rings. The van der Waals surface area contributed by atoms with Gasteiger partial charge in [-0.15, -0.1) is 0 Å². The van der Waals surface area contributed by atoms with Crippen molar-refractivity contribution in [2.75, 3.05) is 12.9 Å². The molecule has 0 spiro atoms. The van der Waals surface area contributed by atoms with Gasteiger partial charge >= 0.3 is 0 Å². The molecule has 0 saturated heterocycles. The lowest BCUT2D eigenvalue weighted by molar-refractivity contribution is -0.131. The Morgan fingerprint density at radius 3 is 2.38 bits per heavy atom. The summed E-state index contributed by atoms with van der Waals surface area (Å²) in [6.07, 6.45) is 1.34. The molecule has 1 amide bonds. The van der Waals surface area contributed by atoms with E-state index in [1.807, 2.05) is 0 Å². The van der Waals surface area contributed by atoms with E-state index < -0.39 is 20.5 Å². The van der Waals surface area contributed by atoms with Crippen molar-refractivity contribution >= 4 is 15.7 Å². The fourth-order valence-electron chi connectivity index (χ4n) is 1.91. The first-order valence-electron chi connectivity index (χ1n) is 7.07. The molecule has 0 bridgehead atoms. The normalized spacial score (nSPS) is 12.8. The number of aliphatic hydroxyl groups is 1. The van der Waals surface area contributed by atoms with E-state index in [4.69, 9.17) is 10.3 Å². The summed E-state index contributed by atoms with van der Waals surface area (Å²) < 4.78 is 22.1. The molecule has 1 atom stereocenters. The molecule has 1 unspecified atom stereocenters. The molecule has 24 heavy (non-hydrogen) atoms. The summed E-state index contributed by atoms with van der Waals surface area (Å²) in [7, 11) is -3.70.